The molecule has 12 heavy (non-hydrogen) atoms. The molecule has 1 aliphatic heterocycles. The first-order valence-electron chi connectivity index (χ1n) is 3.81. The Hall–Kier alpha value is -0.420. The predicted octanol–water partition coefficient (Wildman–Crippen LogP) is 1.15. The minimum Gasteiger partial charge on any atom is -0.394 e. The van der Waals surface area contributed by atoms with Gasteiger partial charge in [0.2, 0.25) is 0 Å². The van der Waals surface area contributed by atoms with Crippen molar-refractivity contribution in [3.05, 3.63) is 22.4 Å². The lowest BCUT2D eigenvalue weighted by atomic mass is 10.4. The number of thiophene rings is 1. The Morgan fingerprint density at radius 1 is 1.67 bits per heavy atom. The average molecular weight is 186 g/mol. The summed E-state index contributed by atoms with van der Waals surface area (Å²) in [4.78, 5) is 1.06. The maximum atomic E-state index is 8.78. The topological polar surface area (TPSA) is 38.7 Å². The van der Waals surface area contributed by atoms with E-state index in [0.29, 0.717) is 6.61 Å². The van der Waals surface area contributed by atoms with Crippen molar-refractivity contribution in [3.8, 4) is 0 Å². The zero-order valence-corrected chi connectivity index (χ0v) is 7.29. The van der Waals surface area contributed by atoms with E-state index in [-0.39, 0.29) is 19.0 Å². The Bertz CT molecular complexity index is 234. The van der Waals surface area contributed by atoms with Crippen molar-refractivity contribution >= 4 is 11.3 Å². The van der Waals surface area contributed by atoms with Gasteiger partial charge in [-0.2, -0.15) is 0 Å². The van der Waals surface area contributed by atoms with Crippen LogP contribution < -0.4 is 0 Å². The standard InChI is InChI=1S/C8H10O3S/c9-4-6-5-10-8(11-6)7-2-1-3-12-7/h1-3,6,8-9H,4-5H2. The first-order chi connectivity index (χ1) is 5.90. The summed E-state index contributed by atoms with van der Waals surface area (Å²) in [7, 11) is 0. The van der Waals surface area contributed by atoms with Crippen LogP contribution in [0.1, 0.15) is 11.2 Å². The molecule has 2 heterocycles. The summed E-state index contributed by atoms with van der Waals surface area (Å²) < 4.78 is 10.7. The number of hydrogen-bond donors (Lipinski definition) is 1. The van der Waals surface area contributed by atoms with E-state index in [1.165, 1.54) is 0 Å². The van der Waals surface area contributed by atoms with Gasteiger partial charge in [-0.3, -0.25) is 0 Å². The van der Waals surface area contributed by atoms with Crippen molar-refractivity contribution in [2.45, 2.75) is 12.4 Å². The summed E-state index contributed by atoms with van der Waals surface area (Å²) in [5, 5.41) is 10.8. The van der Waals surface area contributed by atoms with Crippen molar-refractivity contribution in [2.75, 3.05) is 13.2 Å². The van der Waals surface area contributed by atoms with E-state index in [9.17, 15) is 0 Å². The van der Waals surface area contributed by atoms with Gasteiger partial charge in [0.1, 0.15) is 6.10 Å². The molecule has 1 N–H and O–H groups in total. The lowest BCUT2D eigenvalue weighted by Crippen LogP contribution is -2.14. The van der Waals surface area contributed by atoms with Crippen molar-refractivity contribution in [3.63, 3.8) is 0 Å². The van der Waals surface area contributed by atoms with Crippen LogP contribution in [0.5, 0.6) is 0 Å². The summed E-state index contributed by atoms with van der Waals surface area (Å²) in [5.41, 5.74) is 0. The second kappa shape index (κ2) is 3.53. The smallest absolute Gasteiger partial charge is 0.193 e. The van der Waals surface area contributed by atoms with Gasteiger partial charge in [-0.15, -0.1) is 11.3 Å². The van der Waals surface area contributed by atoms with Crippen LogP contribution in [0, 0.1) is 0 Å². The normalized spacial score (nSPS) is 29.4. The highest BCUT2D eigenvalue weighted by Crippen LogP contribution is 2.29. The van der Waals surface area contributed by atoms with Crippen molar-refractivity contribution in [1.29, 1.82) is 0 Å². The molecule has 2 unspecified atom stereocenters. The van der Waals surface area contributed by atoms with Gasteiger partial charge in [0.25, 0.3) is 0 Å². The van der Waals surface area contributed by atoms with Crippen LogP contribution in [0.15, 0.2) is 17.5 Å². The largest absolute Gasteiger partial charge is 0.394 e. The Labute approximate surface area is 74.5 Å². The molecule has 2 rings (SSSR count). The highest BCUT2D eigenvalue weighted by Gasteiger charge is 2.26. The molecule has 1 saturated heterocycles. The molecule has 0 aliphatic carbocycles. The Morgan fingerprint density at radius 2 is 2.58 bits per heavy atom. The zero-order chi connectivity index (χ0) is 8.39. The molecule has 4 heteroatoms. The first kappa shape index (κ1) is 8.19. The molecule has 0 saturated carbocycles. The van der Waals surface area contributed by atoms with Crippen LogP contribution in [0.3, 0.4) is 0 Å². The molecule has 1 fully saturated rings. The van der Waals surface area contributed by atoms with Crippen LogP contribution in [0.4, 0.5) is 0 Å². The third-order valence-corrected chi connectivity index (χ3v) is 2.62. The van der Waals surface area contributed by atoms with E-state index in [1.54, 1.807) is 11.3 Å². The molecule has 2 atom stereocenters. The van der Waals surface area contributed by atoms with Gasteiger partial charge >= 0.3 is 0 Å². The highest BCUT2D eigenvalue weighted by atomic mass is 32.1. The van der Waals surface area contributed by atoms with Gasteiger partial charge in [0, 0.05) is 0 Å². The van der Waals surface area contributed by atoms with E-state index >= 15 is 0 Å². The van der Waals surface area contributed by atoms with Crippen LogP contribution in [0.25, 0.3) is 0 Å². The summed E-state index contributed by atoms with van der Waals surface area (Å²) in [6, 6.07) is 3.92. The summed E-state index contributed by atoms with van der Waals surface area (Å²) in [6.45, 7) is 0.515. The third kappa shape index (κ3) is 1.51. The van der Waals surface area contributed by atoms with E-state index in [2.05, 4.69) is 0 Å². The maximum Gasteiger partial charge on any atom is 0.193 e. The van der Waals surface area contributed by atoms with Gasteiger partial charge in [0.05, 0.1) is 18.1 Å². The highest BCUT2D eigenvalue weighted by molar-refractivity contribution is 7.10. The number of hydrogen-bond acceptors (Lipinski definition) is 4. The minimum absolute atomic E-state index is 0.0296. The van der Waals surface area contributed by atoms with Gasteiger partial charge in [0.15, 0.2) is 6.29 Å². The molecule has 0 bridgehead atoms. The SMILES string of the molecule is OCC1COC(c2cccs2)O1. The molecular formula is C8H10O3S. The summed E-state index contributed by atoms with van der Waals surface area (Å²) in [5.74, 6) is 0. The quantitative estimate of drug-likeness (QED) is 0.753. The molecule has 1 aromatic rings. The van der Waals surface area contributed by atoms with Crippen molar-refractivity contribution in [1.82, 2.24) is 0 Å². The molecule has 0 radical (unpaired) electrons. The summed E-state index contributed by atoms with van der Waals surface area (Å²) >= 11 is 1.60. The predicted molar refractivity (Wildman–Crippen MR) is 45.0 cm³/mol. The number of ether oxygens (including phenoxy) is 2. The van der Waals surface area contributed by atoms with Gasteiger partial charge in [-0.1, -0.05) is 6.07 Å². The Morgan fingerprint density at radius 3 is 3.17 bits per heavy atom. The molecule has 0 spiro atoms. The van der Waals surface area contributed by atoms with Crippen molar-refractivity contribution in [2.24, 2.45) is 0 Å². The number of aliphatic hydroxyl groups is 1. The number of rotatable bonds is 2. The molecule has 0 amide bonds. The van der Waals surface area contributed by atoms with E-state index in [1.807, 2.05) is 17.5 Å². The Balaban J connectivity index is 2.00. The minimum atomic E-state index is -0.262. The van der Waals surface area contributed by atoms with Crippen molar-refractivity contribution < 1.29 is 14.6 Å². The fourth-order valence-corrected chi connectivity index (χ4v) is 1.82. The lowest BCUT2D eigenvalue weighted by molar-refractivity contribution is -0.0651. The second-order valence-electron chi connectivity index (χ2n) is 2.62. The molecular weight excluding hydrogens is 176 g/mol. The maximum absolute atomic E-state index is 8.78. The second-order valence-corrected chi connectivity index (χ2v) is 3.60. The van der Waals surface area contributed by atoms with Crippen LogP contribution >= 0.6 is 11.3 Å². The lowest BCUT2D eigenvalue weighted by Gasteiger charge is -2.06. The molecule has 66 valence electrons. The number of aliphatic hydroxyl groups excluding tert-OH is 1. The monoisotopic (exact) mass is 186 g/mol. The van der Waals surface area contributed by atoms with Gasteiger partial charge in [-0.25, -0.2) is 0 Å². The molecule has 3 nitrogen and oxygen atoms in total. The zero-order valence-electron chi connectivity index (χ0n) is 6.47. The van der Waals surface area contributed by atoms with Gasteiger partial charge in [-0.05, 0) is 11.4 Å². The average Bonchev–Trinajstić information content (AvgIpc) is 2.75. The fraction of sp³-hybridized carbons (Fsp3) is 0.500. The van der Waals surface area contributed by atoms with Crippen LogP contribution in [-0.2, 0) is 9.47 Å². The first-order valence-corrected chi connectivity index (χ1v) is 4.69. The van der Waals surface area contributed by atoms with E-state index in [0.717, 1.165) is 4.88 Å². The van der Waals surface area contributed by atoms with E-state index in [4.69, 9.17) is 14.6 Å². The molecule has 1 aliphatic rings. The van der Waals surface area contributed by atoms with E-state index < -0.39 is 0 Å². The molecule has 0 aromatic carbocycles. The van der Waals surface area contributed by atoms with Gasteiger partial charge < -0.3 is 14.6 Å². The third-order valence-electron chi connectivity index (χ3n) is 1.73. The Kier molecular flexibility index (Phi) is 2.41. The van der Waals surface area contributed by atoms with Crippen LogP contribution in [-0.4, -0.2) is 24.4 Å². The molecule has 1 aromatic heterocycles. The van der Waals surface area contributed by atoms with Crippen LogP contribution in [0.2, 0.25) is 0 Å². The summed E-state index contributed by atoms with van der Waals surface area (Å²) in [6.07, 6.45) is -0.417. The fourth-order valence-electron chi connectivity index (χ4n) is 1.12.